The molecule has 2 N–H and O–H groups in total. The molecule has 1 unspecified atom stereocenters. The molecule has 1 amide bonds. The third-order valence-corrected chi connectivity index (χ3v) is 3.30. The van der Waals surface area contributed by atoms with E-state index < -0.39 is 0 Å². The van der Waals surface area contributed by atoms with Gasteiger partial charge in [-0.05, 0) is 30.5 Å². The first-order chi connectivity index (χ1) is 10.5. The highest BCUT2D eigenvalue weighted by atomic mass is 16.1. The predicted octanol–water partition coefficient (Wildman–Crippen LogP) is 4.24. The molecule has 0 saturated carbocycles. The first-order valence-electron chi connectivity index (χ1n) is 7.62. The molecule has 1 aromatic heterocycles. The van der Waals surface area contributed by atoms with Crippen molar-refractivity contribution in [2.45, 2.75) is 33.2 Å². The van der Waals surface area contributed by atoms with E-state index >= 15 is 0 Å². The minimum atomic E-state index is 0.0233. The van der Waals surface area contributed by atoms with Crippen molar-refractivity contribution in [3.63, 3.8) is 0 Å². The first-order valence-corrected chi connectivity index (χ1v) is 7.62. The zero-order valence-electron chi connectivity index (χ0n) is 13.3. The van der Waals surface area contributed by atoms with Crippen LogP contribution in [-0.2, 0) is 4.79 Å². The Hall–Kier alpha value is -2.36. The summed E-state index contributed by atoms with van der Waals surface area (Å²) < 4.78 is 0. The maximum Gasteiger partial charge on any atom is 0.224 e. The van der Waals surface area contributed by atoms with Gasteiger partial charge in [-0.15, -0.1) is 0 Å². The van der Waals surface area contributed by atoms with Crippen LogP contribution >= 0.6 is 0 Å². The molecule has 0 radical (unpaired) electrons. The van der Waals surface area contributed by atoms with Gasteiger partial charge in [0.25, 0.3) is 0 Å². The van der Waals surface area contributed by atoms with E-state index in [-0.39, 0.29) is 11.9 Å². The molecule has 1 heterocycles. The van der Waals surface area contributed by atoms with Gasteiger partial charge in [-0.2, -0.15) is 0 Å². The van der Waals surface area contributed by atoms with Crippen LogP contribution in [0.1, 0.15) is 38.8 Å². The van der Waals surface area contributed by atoms with Crippen molar-refractivity contribution < 1.29 is 4.79 Å². The number of pyridine rings is 1. The van der Waals surface area contributed by atoms with E-state index in [9.17, 15) is 4.79 Å². The van der Waals surface area contributed by atoms with Crippen LogP contribution in [0.25, 0.3) is 0 Å². The van der Waals surface area contributed by atoms with Crippen molar-refractivity contribution in [1.29, 1.82) is 0 Å². The summed E-state index contributed by atoms with van der Waals surface area (Å²) in [7, 11) is 0. The van der Waals surface area contributed by atoms with Crippen molar-refractivity contribution >= 4 is 17.4 Å². The van der Waals surface area contributed by atoms with Gasteiger partial charge in [0.2, 0.25) is 5.91 Å². The average Bonchev–Trinajstić information content (AvgIpc) is 2.49. The molecule has 0 aliphatic rings. The standard InChI is InChI=1S/C18H23N3O/c1-13(2)11-18(22)21-16-9-10-17(19-12-16)20-14(3)15-7-5-4-6-8-15/h4-10,12-14H,11H2,1-3H3,(H,19,20)(H,21,22). The lowest BCUT2D eigenvalue weighted by Gasteiger charge is -2.15. The Bertz CT molecular complexity index is 593. The van der Waals surface area contributed by atoms with Gasteiger partial charge in [0.05, 0.1) is 11.9 Å². The molecule has 0 aliphatic carbocycles. The summed E-state index contributed by atoms with van der Waals surface area (Å²) in [5, 5.41) is 6.20. The van der Waals surface area contributed by atoms with Crippen molar-refractivity contribution in [2.75, 3.05) is 10.6 Å². The Balaban J connectivity index is 1.93. The van der Waals surface area contributed by atoms with Gasteiger partial charge in [-0.1, -0.05) is 44.2 Å². The molecule has 0 fully saturated rings. The second-order valence-corrected chi connectivity index (χ2v) is 5.85. The van der Waals surface area contributed by atoms with E-state index in [1.54, 1.807) is 6.20 Å². The van der Waals surface area contributed by atoms with Crippen LogP contribution in [0.4, 0.5) is 11.5 Å². The summed E-state index contributed by atoms with van der Waals surface area (Å²) in [5.74, 6) is 1.16. The summed E-state index contributed by atoms with van der Waals surface area (Å²) in [5.41, 5.74) is 1.93. The van der Waals surface area contributed by atoms with E-state index in [2.05, 4.69) is 34.7 Å². The van der Waals surface area contributed by atoms with Gasteiger partial charge in [0, 0.05) is 12.5 Å². The van der Waals surface area contributed by atoms with Crippen LogP contribution in [0.15, 0.2) is 48.7 Å². The molecule has 2 aromatic rings. The number of anilines is 2. The lowest BCUT2D eigenvalue weighted by atomic mass is 10.1. The number of rotatable bonds is 6. The van der Waals surface area contributed by atoms with Gasteiger partial charge in [0.15, 0.2) is 0 Å². The Labute approximate surface area is 132 Å². The molecule has 0 saturated heterocycles. The SMILES string of the molecule is CC(C)CC(=O)Nc1ccc(NC(C)c2ccccc2)nc1. The van der Waals surface area contributed by atoms with Crippen LogP contribution in [0.5, 0.6) is 0 Å². The van der Waals surface area contributed by atoms with Crippen LogP contribution in [0.2, 0.25) is 0 Å². The quantitative estimate of drug-likeness (QED) is 0.838. The zero-order valence-corrected chi connectivity index (χ0v) is 13.3. The molecule has 0 bridgehead atoms. The van der Waals surface area contributed by atoms with Crippen LogP contribution in [0.3, 0.4) is 0 Å². The molecule has 4 heteroatoms. The highest BCUT2D eigenvalue weighted by Crippen LogP contribution is 2.18. The number of nitrogens with zero attached hydrogens (tertiary/aromatic N) is 1. The first kappa shape index (κ1) is 16.0. The smallest absolute Gasteiger partial charge is 0.224 e. The average molecular weight is 297 g/mol. The minimum Gasteiger partial charge on any atom is -0.364 e. The van der Waals surface area contributed by atoms with E-state index in [0.717, 1.165) is 11.5 Å². The van der Waals surface area contributed by atoms with Gasteiger partial charge < -0.3 is 10.6 Å². The lowest BCUT2D eigenvalue weighted by Crippen LogP contribution is -2.14. The zero-order chi connectivity index (χ0) is 15.9. The number of carbonyl (C=O) groups excluding carboxylic acids is 1. The Morgan fingerprint density at radius 1 is 1.09 bits per heavy atom. The molecule has 4 nitrogen and oxygen atoms in total. The fraction of sp³-hybridized carbons (Fsp3) is 0.333. The number of benzene rings is 1. The van der Waals surface area contributed by atoms with E-state index in [0.29, 0.717) is 12.3 Å². The van der Waals surface area contributed by atoms with Gasteiger partial charge >= 0.3 is 0 Å². The highest BCUT2D eigenvalue weighted by molar-refractivity contribution is 5.90. The highest BCUT2D eigenvalue weighted by Gasteiger charge is 2.07. The summed E-state index contributed by atoms with van der Waals surface area (Å²) in [6.07, 6.45) is 2.20. The molecule has 116 valence electrons. The second kappa shape index (κ2) is 7.59. The number of hydrogen-bond acceptors (Lipinski definition) is 3. The van der Waals surface area contributed by atoms with Gasteiger partial charge in [0.1, 0.15) is 5.82 Å². The fourth-order valence-electron chi connectivity index (χ4n) is 2.18. The number of nitrogens with one attached hydrogen (secondary N) is 2. The molecule has 0 aliphatic heterocycles. The Kier molecular flexibility index (Phi) is 5.53. The molecule has 1 aromatic carbocycles. The summed E-state index contributed by atoms with van der Waals surface area (Å²) in [4.78, 5) is 16.1. The third kappa shape index (κ3) is 4.88. The van der Waals surface area contributed by atoms with Crippen molar-refractivity contribution in [3.05, 3.63) is 54.2 Å². The Morgan fingerprint density at radius 3 is 2.41 bits per heavy atom. The lowest BCUT2D eigenvalue weighted by molar-refractivity contribution is -0.116. The molecule has 22 heavy (non-hydrogen) atoms. The number of carbonyl (C=O) groups is 1. The number of hydrogen-bond donors (Lipinski definition) is 2. The number of amides is 1. The summed E-state index contributed by atoms with van der Waals surface area (Å²) in [6.45, 7) is 6.14. The topological polar surface area (TPSA) is 54.0 Å². The summed E-state index contributed by atoms with van der Waals surface area (Å²) in [6, 6.07) is 14.1. The largest absolute Gasteiger partial charge is 0.364 e. The van der Waals surface area contributed by atoms with Crippen LogP contribution in [0, 0.1) is 5.92 Å². The molecular formula is C18H23N3O. The van der Waals surface area contributed by atoms with Crippen molar-refractivity contribution in [2.24, 2.45) is 5.92 Å². The molecule has 0 spiro atoms. The van der Waals surface area contributed by atoms with E-state index in [4.69, 9.17) is 0 Å². The number of aromatic nitrogens is 1. The Morgan fingerprint density at radius 2 is 1.82 bits per heavy atom. The normalized spacial score (nSPS) is 12.0. The van der Waals surface area contributed by atoms with E-state index in [1.807, 2.05) is 44.2 Å². The monoisotopic (exact) mass is 297 g/mol. The second-order valence-electron chi connectivity index (χ2n) is 5.85. The minimum absolute atomic E-state index is 0.0233. The van der Waals surface area contributed by atoms with Crippen molar-refractivity contribution in [1.82, 2.24) is 4.98 Å². The van der Waals surface area contributed by atoms with E-state index in [1.165, 1.54) is 5.56 Å². The molecule has 1 atom stereocenters. The molecular weight excluding hydrogens is 274 g/mol. The fourth-order valence-corrected chi connectivity index (χ4v) is 2.18. The maximum atomic E-state index is 11.7. The van der Waals surface area contributed by atoms with Gasteiger partial charge in [-0.3, -0.25) is 4.79 Å². The maximum absolute atomic E-state index is 11.7. The van der Waals surface area contributed by atoms with Gasteiger partial charge in [-0.25, -0.2) is 4.98 Å². The van der Waals surface area contributed by atoms with Crippen molar-refractivity contribution in [3.8, 4) is 0 Å². The third-order valence-electron chi connectivity index (χ3n) is 3.30. The van der Waals surface area contributed by atoms with Crippen LogP contribution in [-0.4, -0.2) is 10.9 Å². The predicted molar refractivity (Wildman–Crippen MR) is 90.8 cm³/mol. The molecule has 2 rings (SSSR count). The van der Waals surface area contributed by atoms with Crippen LogP contribution < -0.4 is 10.6 Å². The summed E-state index contributed by atoms with van der Waals surface area (Å²) >= 11 is 0.